The number of aliphatic hydroxyl groups excluding tert-OH is 2. The minimum absolute atomic E-state index is 0.00553. The average Bonchev–Trinajstić information content (AvgIpc) is 3.00. The van der Waals surface area contributed by atoms with Crippen LogP contribution in [0.5, 0.6) is 0 Å². The summed E-state index contributed by atoms with van der Waals surface area (Å²) >= 11 is 0. The van der Waals surface area contributed by atoms with Gasteiger partial charge in [-0.2, -0.15) is 0 Å². The third kappa shape index (κ3) is 6.82. The minimum Gasteiger partial charge on any atom is -0.465 e. The van der Waals surface area contributed by atoms with E-state index in [2.05, 4.69) is 10.6 Å². The molecule has 0 radical (unpaired) electrons. The Morgan fingerprint density at radius 2 is 2.03 bits per heavy atom. The Hall–Kier alpha value is -2.44. The monoisotopic (exact) mass is 431 g/mol. The number of esters is 1. The Morgan fingerprint density at radius 3 is 2.63 bits per heavy atom. The zero-order valence-electron chi connectivity index (χ0n) is 17.3. The molecule has 0 aromatic carbocycles. The lowest BCUT2D eigenvalue weighted by Gasteiger charge is -2.35. The molecule has 12 nitrogen and oxygen atoms in total. The summed E-state index contributed by atoms with van der Waals surface area (Å²) in [6, 6.07) is -0.681. The van der Waals surface area contributed by atoms with E-state index in [4.69, 9.17) is 19.3 Å². The van der Waals surface area contributed by atoms with Gasteiger partial charge in [0.05, 0.1) is 25.0 Å². The summed E-state index contributed by atoms with van der Waals surface area (Å²) in [6.45, 7) is 4.42. The highest BCUT2D eigenvalue weighted by molar-refractivity contribution is 5.98. The van der Waals surface area contributed by atoms with Crippen LogP contribution in [0.15, 0.2) is 0 Å². The molecule has 4 amide bonds. The maximum atomic E-state index is 12.1. The molecule has 4 N–H and O–H groups in total. The van der Waals surface area contributed by atoms with Crippen LogP contribution in [0.3, 0.4) is 0 Å². The molecule has 2 fully saturated rings. The van der Waals surface area contributed by atoms with Crippen molar-refractivity contribution in [1.29, 1.82) is 0 Å². The molecule has 4 atom stereocenters. The lowest BCUT2D eigenvalue weighted by atomic mass is 10.1. The number of urea groups is 1. The number of nitrogens with zero attached hydrogens (tertiary/aromatic N) is 1. The maximum Gasteiger partial charge on any atom is 0.407 e. The van der Waals surface area contributed by atoms with E-state index in [1.165, 1.54) is 4.90 Å². The van der Waals surface area contributed by atoms with E-state index < -0.39 is 60.6 Å². The largest absolute Gasteiger partial charge is 0.465 e. The summed E-state index contributed by atoms with van der Waals surface area (Å²) in [7, 11) is 0. The van der Waals surface area contributed by atoms with Crippen LogP contribution < -0.4 is 10.6 Å². The van der Waals surface area contributed by atoms with Gasteiger partial charge in [0.25, 0.3) is 0 Å². The van der Waals surface area contributed by atoms with Crippen molar-refractivity contribution in [2.24, 2.45) is 5.92 Å². The second kappa shape index (κ2) is 10.0. The van der Waals surface area contributed by atoms with Crippen LogP contribution in [-0.2, 0) is 23.8 Å². The van der Waals surface area contributed by atoms with Crippen molar-refractivity contribution in [3.8, 4) is 0 Å². The summed E-state index contributed by atoms with van der Waals surface area (Å²) in [4.78, 5) is 48.8. The number of rotatable bonds is 7. The van der Waals surface area contributed by atoms with Gasteiger partial charge in [0.2, 0.25) is 5.91 Å². The molecule has 0 saturated carbocycles. The molecule has 2 rings (SSSR count). The van der Waals surface area contributed by atoms with Crippen LogP contribution in [0, 0.1) is 5.92 Å². The number of aliphatic hydroxyl groups is 2. The standard InChI is InChI=1S/C18H29N3O9/c1-18(2,3)30-17(27)19-5-4-14(24)28-9-10-7-21(16(26)20-15(10)25)13-6-11(23)12(8-22)29-13/h10-13,22-23H,4-9H2,1-3H3,(H,19,27)(H,20,25,26). The van der Waals surface area contributed by atoms with Crippen molar-refractivity contribution in [2.75, 3.05) is 26.3 Å². The van der Waals surface area contributed by atoms with Crippen LogP contribution in [-0.4, -0.2) is 89.5 Å². The summed E-state index contributed by atoms with van der Waals surface area (Å²) in [5.41, 5.74) is -0.654. The van der Waals surface area contributed by atoms with Gasteiger partial charge in [-0.3, -0.25) is 19.8 Å². The van der Waals surface area contributed by atoms with Crippen LogP contribution in [0.25, 0.3) is 0 Å². The molecule has 2 aliphatic rings. The number of alkyl carbamates (subject to hydrolysis) is 1. The molecule has 2 aliphatic heterocycles. The van der Waals surface area contributed by atoms with E-state index in [-0.39, 0.29) is 32.5 Å². The normalized spacial score (nSPS) is 26.9. The highest BCUT2D eigenvalue weighted by Gasteiger charge is 2.43. The number of amides is 4. The number of carbonyl (C=O) groups excluding carboxylic acids is 4. The van der Waals surface area contributed by atoms with Crippen LogP contribution in [0.4, 0.5) is 9.59 Å². The van der Waals surface area contributed by atoms with Gasteiger partial charge in [-0.05, 0) is 20.8 Å². The van der Waals surface area contributed by atoms with Crippen molar-refractivity contribution >= 4 is 24.0 Å². The van der Waals surface area contributed by atoms with Crippen molar-refractivity contribution in [3.63, 3.8) is 0 Å². The number of ether oxygens (including phenoxy) is 3. The average molecular weight is 431 g/mol. The predicted molar refractivity (Wildman–Crippen MR) is 99.9 cm³/mol. The smallest absolute Gasteiger partial charge is 0.407 e. The Kier molecular flexibility index (Phi) is 7.98. The van der Waals surface area contributed by atoms with Gasteiger partial charge in [-0.15, -0.1) is 0 Å². The number of imide groups is 1. The Labute approximate surface area is 173 Å². The second-order valence-corrected chi connectivity index (χ2v) is 8.12. The SMILES string of the molecule is CC(C)(C)OC(=O)NCCC(=O)OCC1CN(C2CC(O)C(CO)O2)C(=O)NC1=O. The zero-order chi connectivity index (χ0) is 22.5. The van der Waals surface area contributed by atoms with Gasteiger partial charge in [0.1, 0.15) is 24.5 Å². The van der Waals surface area contributed by atoms with Gasteiger partial charge in [-0.25, -0.2) is 9.59 Å². The molecule has 4 unspecified atom stereocenters. The molecule has 12 heteroatoms. The second-order valence-electron chi connectivity index (χ2n) is 8.12. The molecule has 2 saturated heterocycles. The summed E-state index contributed by atoms with van der Waals surface area (Å²) < 4.78 is 15.6. The Morgan fingerprint density at radius 1 is 1.33 bits per heavy atom. The van der Waals surface area contributed by atoms with Gasteiger partial charge < -0.3 is 29.7 Å². The maximum absolute atomic E-state index is 12.1. The molecule has 0 spiro atoms. The van der Waals surface area contributed by atoms with Crippen molar-refractivity contribution in [1.82, 2.24) is 15.5 Å². The first kappa shape index (κ1) is 23.8. The van der Waals surface area contributed by atoms with Crippen LogP contribution in [0.2, 0.25) is 0 Å². The fourth-order valence-electron chi connectivity index (χ4n) is 2.98. The van der Waals surface area contributed by atoms with E-state index in [9.17, 15) is 24.3 Å². The van der Waals surface area contributed by atoms with E-state index >= 15 is 0 Å². The lowest BCUT2D eigenvalue weighted by Crippen LogP contribution is -2.58. The Balaban J connectivity index is 1.77. The van der Waals surface area contributed by atoms with Crippen LogP contribution >= 0.6 is 0 Å². The molecule has 0 aliphatic carbocycles. The lowest BCUT2D eigenvalue weighted by molar-refractivity contribution is -0.147. The van der Waals surface area contributed by atoms with Crippen molar-refractivity contribution in [3.05, 3.63) is 0 Å². The van der Waals surface area contributed by atoms with Crippen molar-refractivity contribution < 1.29 is 43.6 Å². The zero-order valence-corrected chi connectivity index (χ0v) is 17.3. The number of hydrogen-bond acceptors (Lipinski definition) is 9. The molecular weight excluding hydrogens is 402 g/mol. The fraction of sp³-hybridized carbons (Fsp3) is 0.778. The Bertz CT molecular complexity index is 664. The van der Waals surface area contributed by atoms with Gasteiger partial charge in [-0.1, -0.05) is 0 Å². The first-order valence-electron chi connectivity index (χ1n) is 9.68. The molecule has 0 bridgehead atoms. The topological polar surface area (TPSA) is 164 Å². The number of carbonyl (C=O) groups is 4. The highest BCUT2D eigenvalue weighted by atomic mass is 16.6. The molecule has 0 aromatic rings. The van der Waals surface area contributed by atoms with Crippen molar-refractivity contribution in [2.45, 2.75) is 57.6 Å². The molecule has 170 valence electrons. The fourth-order valence-corrected chi connectivity index (χ4v) is 2.98. The molecule has 0 aromatic heterocycles. The van der Waals surface area contributed by atoms with Gasteiger partial charge in [0, 0.05) is 19.5 Å². The summed E-state index contributed by atoms with van der Waals surface area (Å²) in [5.74, 6) is -2.04. The highest BCUT2D eigenvalue weighted by Crippen LogP contribution is 2.25. The third-order valence-electron chi connectivity index (χ3n) is 4.45. The molecule has 2 heterocycles. The number of hydrogen-bond donors (Lipinski definition) is 4. The van der Waals surface area contributed by atoms with E-state index in [0.717, 1.165) is 0 Å². The predicted octanol–water partition coefficient (Wildman–Crippen LogP) is -0.919. The minimum atomic E-state index is -0.931. The van der Waals surface area contributed by atoms with Gasteiger partial charge in [0.15, 0.2) is 0 Å². The first-order valence-corrected chi connectivity index (χ1v) is 9.68. The quantitative estimate of drug-likeness (QED) is 0.373. The molecular formula is C18H29N3O9. The third-order valence-corrected chi connectivity index (χ3v) is 4.45. The summed E-state index contributed by atoms with van der Waals surface area (Å²) in [6.07, 6.45) is -3.23. The van der Waals surface area contributed by atoms with E-state index in [1.54, 1.807) is 20.8 Å². The molecule has 30 heavy (non-hydrogen) atoms. The van der Waals surface area contributed by atoms with Gasteiger partial charge >= 0.3 is 18.1 Å². The van der Waals surface area contributed by atoms with Crippen LogP contribution in [0.1, 0.15) is 33.6 Å². The number of nitrogens with one attached hydrogen (secondary N) is 2. The van der Waals surface area contributed by atoms with E-state index in [1.807, 2.05) is 0 Å². The first-order chi connectivity index (χ1) is 14.0. The summed E-state index contributed by atoms with van der Waals surface area (Å²) in [5, 5.41) is 23.6. The van der Waals surface area contributed by atoms with E-state index in [0.29, 0.717) is 0 Å².